The molecule has 84 valence electrons. The highest BCUT2D eigenvalue weighted by Gasteiger charge is 2.33. The van der Waals surface area contributed by atoms with E-state index in [0.717, 1.165) is 12.8 Å². The molecule has 0 aliphatic rings. The predicted octanol–water partition coefficient (Wildman–Crippen LogP) is 2.72. The number of hydrogen-bond acceptors (Lipinski definition) is 2. The second-order valence-corrected chi connectivity index (χ2v) is 4.66. The van der Waals surface area contributed by atoms with Crippen molar-refractivity contribution in [2.75, 3.05) is 14.1 Å². The molecule has 0 fully saturated rings. The predicted molar refractivity (Wildman–Crippen MR) is 61.5 cm³/mol. The van der Waals surface area contributed by atoms with Crippen molar-refractivity contribution < 1.29 is 4.79 Å². The molecule has 0 spiro atoms. The maximum absolute atomic E-state index is 12.1. The Bertz CT molecular complexity index is 189. The van der Waals surface area contributed by atoms with Crippen LogP contribution in [-0.2, 0) is 4.79 Å². The molecule has 0 saturated heterocycles. The van der Waals surface area contributed by atoms with Crippen LogP contribution in [0.4, 0.5) is 0 Å². The van der Waals surface area contributed by atoms with E-state index in [1.807, 2.05) is 25.9 Å². The summed E-state index contributed by atoms with van der Waals surface area (Å²) in [5.41, 5.74) is -0.274. The van der Waals surface area contributed by atoms with Crippen molar-refractivity contribution in [3.05, 3.63) is 0 Å². The summed E-state index contributed by atoms with van der Waals surface area (Å²) in [6.45, 7) is 8.40. The third-order valence-corrected chi connectivity index (χ3v) is 3.51. The molecule has 0 aromatic heterocycles. The van der Waals surface area contributed by atoms with Crippen molar-refractivity contribution in [2.45, 2.75) is 52.5 Å². The van der Waals surface area contributed by atoms with Crippen molar-refractivity contribution in [1.82, 2.24) is 4.90 Å². The van der Waals surface area contributed by atoms with E-state index in [1.165, 1.54) is 0 Å². The topological polar surface area (TPSA) is 20.3 Å². The summed E-state index contributed by atoms with van der Waals surface area (Å²) in [4.78, 5) is 14.1. The molecule has 0 aromatic rings. The average molecular weight is 199 g/mol. The quantitative estimate of drug-likeness (QED) is 0.655. The highest BCUT2D eigenvalue weighted by Crippen LogP contribution is 2.22. The van der Waals surface area contributed by atoms with Crippen molar-refractivity contribution in [3.8, 4) is 0 Å². The Balaban J connectivity index is 4.47. The highest BCUT2D eigenvalue weighted by molar-refractivity contribution is 5.88. The van der Waals surface area contributed by atoms with E-state index < -0.39 is 0 Å². The van der Waals surface area contributed by atoms with Crippen molar-refractivity contribution >= 4 is 5.78 Å². The molecule has 0 heterocycles. The fourth-order valence-corrected chi connectivity index (χ4v) is 1.44. The second kappa shape index (κ2) is 5.50. The van der Waals surface area contributed by atoms with Gasteiger partial charge < -0.3 is 0 Å². The Hall–Kier alpha value is -0.370. The van der Waals surface area contributed by atoms with E-state index in [0.29, 0.717) is 18.1 Å². The summed E-state index contributed by atoms with van der Waals surface area (Å²) in [6.07, 6.45) is 2.67. The standard InChI is InChI=1S/C12H25NO/c1-7-10(3)9-11(14)12(4,8-2)13(5)6/h10H,7-9H2,1-6H3. The van der Waals surface area contributed by atoms with Crippen LogP contribution in [0, 0.1) is 5.92 Å². The number of rotatable bonds is 6. The maximum Gasteiger partial charge on any atom is 0.153 e. The summed E-state index contributed by atoms with van der Waals surface area (Å²) in [6, 6.07) is 0. The zero-order valence-electron chi connectivity index (χ0n) is 10.6. The van der Waals surface area contributed by atoms with Crippen LogP contribution >= 0.6 is 0 Å². The molecule has 0 bridgehead atoms. The number of carbonyl (C=O) groups excluding carboxylic acids is 1. The first-order chi connectivity index (χ1) is 6.38. The van der Waals surface area contributed by atoms with Gasteiger partial charge in [0.2, 0.25) is 0 Å². The molecule has 2 heteroatoms. The molecule has 0 amide bonds. The number of nitrogens with zero attached hydrogens (tertiary/aromatic N) is 1. The molecule has 0 rings (SSSR count). The Morgan fingerprint density at radius 2 is 1.86 bits per heavy atom. The summed E-state index contributed by atoms with van der Waals surface area (Å²) < 4.78 is 0. The molecule has 2 unspecified atom stereocenters. The molecule has 0 N–H and O–H groups in total. The summed E-state index contributed by atoms with van der Waals surface area (Å²) in [5, 5.41) is 0. The van der Waals surface area contributed by atoms with Crippen LogP contribution in [-0.4, -0.2) is 30.3 Å². The van der Waals surface area contributed by atoms with Gasteiger partial charge in [0.15, 0.2) is 5.78 Å². The van der Waals surface area contributed by atoms with Crippen molar-refractivity contribution in [2.24, 2.45) is 5.92 Å². The minimum Gasteiger partial charge on any atom is -0.298 e. The number of carbonyl (C=O) groups is 1. The molecule has 0 saturated carbocycles. The van der Waals surface area contributed by atoms with Gasteiger partial charge in [0.25, 0.3) is 0 Å². The van der Waals surface area contributed by atoms with Gasteiger partial charge in [-0.2, -0.15) is 0 Å². The van der Waals surface area contributed by atoms with E-state index in [1.54, 1.807) is 0 Å². The van der Waals surface area contributed by atoms with E-state index >= 15 is 0 Å². The molecule has 0 radical (unpaired) electrons. The van der Waals surface area contributed by atoms with E-state index in [2.05, 4.69) is 20.8 Å². The minimum atomic E-state index is -0.274. The van der Waals surface area contributed by atoms with Crippen molar-refractivity contribution in [1.29, 1.82) is 0 Å². The van der Waals surface area contributed by atoms with Gasteiger partial charge in [0.1, 0.15) is 0 Å². The number of likely N-dealkylation sites (N-methyl/N-ethyl adjacent to an activating group) is 1. The largest absolute Gasteiger partial charge is 0.298 e. The van der Waals surface area contributed by atoms with Crippen LogP contribution < -0.4 is 0 Å². The minimum absolute atomic E-state index is 0.274. The fourth-order valence-electron chi connectivity index (χ4n) is 1.44. The lowest BCUT2D eigenvalue weighted by Gasteiger charge is -2.34. The van der Waals surface area contributed by atoms with Gasteiger partial charge in [-0.25, -0.2) is 0 Å². The Morgan fingerprint density at radius 3 is 2.14 bits per heavy atom. The zero-order chi connectivity index (χ0) is 11.4. The fraction of sp³-hybridized carbons (Fsp3) is 0.917. The second-order valence-electron chi connectivity index (χ2n) is 4.66. The Morgan fingerprint density at radius 1 is 1.36 bits per heavy atom. The van der Waals surface area contributed by atoms with Crippen LogP contribution in [0.1, 0.15) is 47.0 Å². The first-order valence-electron chi connectivity index (χ1n) is 5.59. The molecular weight excluding hydrogens is 174 g/mol. The van der Waals surface area contributed by atoms with Gasteiger partial charge in [-0.3, -0.25) is 9.69 Å². The third kappa shape index (κ3) is 3.09. The normalized spacial score (nSPS) is 17.9. The smallest absolute Gasteiger partial charge is 0.153 e. The van der Waals surface area contributed by atoms with Gasteiger partial charge in [0.05, 0.1) is 5.54 Å². The molecule has 0 aromatic carbocycles. The molecule has 2 atom stereocenters. The van der Waals surface area contributed by atoms with Crippen molar-refractivity contribution in [3.63, 3.8) is 0 Å². The van der Waals surface area contributed by atoms with Crippen LogP contribution in [0.15, 0.2) is 0 Å². The van der Waals surface area contributed by atoms with Crippen LogP contribution in [0.3, 0.4) is 0 Å². The van der Waals surface area contributed by atoms with Gasteiger partial charge in [-0.05, 0) is 33.4 Å². The Labute approximate surface area is 88.7 Å². The molecule has 0 aliphatic carbocycles. The van der Waals surface area contributed by atoms with E-state index in [-0.39, 0.29) is 5.54 Å². The number of hydrogen-bond donors (Lipinski definition) is 0. The summed E-state index contributed by atoms with van der Waals surface area (Å²) in [5.74, 6) is 0.882. The zero-order valence-corrected chi connectivity index (χ0v) is 10.6. The molecular formula is C12H25NO. The third-order valence-electron chi connectivity index (χ3n) is 3.51. The Kier molecular flexibility index (Phi) is 5.35. The lowest BCUT2D eigenvalue weighted by atomic mass is 9.86. The lowest BCUT2D eigenvalue weighted by molar-refractivity contribution is -0.130. The van der Waals surface area contributed by atoms with Crippen LogP contribution in [0.2, 0.25) is 0 Å². The van der Waals surface area contributed by atoms with Gasteiger partial charge >= 0.3 is 0 Å². The van der Waals surface area contributed by atoms with Crippen LogP contribution in [0.5, 0.6) is 0 Å². The summed E-state index contributed by atoms with van der Waals surface area (Å²) >= 11 is 0. The molecule has 0 aliphatic heterocycles. The van der Waals surface area contributed by atoms with Gasteiger partial charge in [-0.15, -0.1) is 0 Å². The summed E-state index contributed by atoms with van der Waals surface area (Å²) in [7, 11) is 3.97. The first kappa shape index (κ1) is 13.6. The number of Topliss-reactive ketones (excluding diaryl/α,β-unsaturated/α-hetero) is 1. The lowest BCUT2D eigenvalue weighted by Crippen LogP contribution is -2.48. The first-order valence-corrected chi connectivity index (χ1v) is 5.59. The van der Waals surface area contributed by atoms with Crippen LogP contribution in [0.25, 0.3) is 0 Å². The molecule has 14 heavy (non-hydrogen) atoms. The molecule has 2 nitrogen and oxygen atoms in total. The van der Waals surface area contributed by atoms with Gasteiger partial charge in [0, 0.05) is 6.42 Å². The number of ketones is 1. The van der Waals surface area contributed by atoms with E-state index in [9.17, 15) is 4.79 Å². The maximum atomic E-state index is 12.1. The monoisotopic (exact) mass is 199 g/mol. The van der Waals surface area contributed by atoms with Gasteiger partial charge in [-0.1, -0.05) is 27.2 Å². The van der Waals surface area contributed by atoms with E-state index in [4.69, 9.17) is 0 Å². The SMILES string of the molecule is CCC(C)CC(=O)C(C)(CC)N(C)C. The highest BCUT2D eigenvalue weighted by atomic mass is 16.1. The average Bonchev–Trinajstić information content (AvgIpc) is 2.15.